The van der Waals surface area contributed by atoms with Crippen LogP contribution < -0.4 is 10.6 Å². The van der Waals surface area contributed by atoms with Crippen LogP contribution in [0, 0.1) is 0 Å². The molecule has 2 N–H and O–H groups in total. The largest absolute Gasteiger partial charge is 0.370 e. The maximum absolute atomic E-state index is 6.05. The van der Waals surface area contributed by atoms with Gasteiger partial charge in [0.2, 0.25) is 0 Å². The fourth-order valence-corrected chi connectivity index (χ4v) is 4.21. The van der Waals surface area contributed by atoms with Crippen molar-refractivity contribution in [2.45, 2.75) is 44.7 Å². The lowest BCUT2D eigenvalue weighted by atomic mass is 10.0. The zero-order valence-electron chi connectivity index (χ0n) is 12.9. The lowest BCUT2D eigenvalue weighted by molar-refractivity contribution is 0.273. The third-order valence-corrected chi connectivity index (χ3v) is 5.22. The average molecular weight is 352 g/mol. The van der Waals surface area contributed by atoms with E-state index in [1.54, 1.807) is 0 Å². The van der Waals surface area contributed by atoms with Crippen LogP contribution in [0.4, 0.5) is 5.69 Å². The summed E-state index contributed by atoms with van der Waals surface area (Å²) in [6.45, 7) is 6.99. The molecule has 2 aliphatic rings. The molecular weight excluding hydrogens is 326 g/mol. The molecule has 2 aliphatic heterocycles. The minimum atomic E-state index is 0.202. The average Bonchev–Trinajstić information content (AvgIpc) is 2.76. The second-order valence-corrected chi connectivity index (χ2v) is 7.50. The van der Waals surface area contributed by atoms with Crippen molar-refractivity contribution in [3.63, 3.8) is 0 Å². The molecule has 0 aliphatic carbocycles. The van der Waals surface area contributed by atoms with Crippen LogP contribution in [0.25, 0.3) is 0 Å². The first kappa shape index (κ1) is 15.3. The van der Waals surface area contributed by atoms with Crippen molar-refractivity contribution in [3.8, 4) is 0 Å². The summed E-state index contributed by atoms with van der Waals surface area (Å²) in [6.07, 6.45) is 4.94. The van der Waals surface area contributed by atoms with Gasteiger partial charge in [0, 0.05) is 41.9 Å². The number of hydrogen-bond donors (Lipinski definition) is 1. The molecule has 2 atom stereocenters. The number of hydrogen-bond acceptors (Lipinski definition) is 3. The van der Waals surface area contributed by atoms with E-state index < -0.39 is 0 Å². The van der Waals surface area contributed by atoms with Crippen molar-refractivity contribution < 1.29 is 0 Å². The molecule has 21 heavy (non-hydrogen) atoms. The summed E-state index contributed by atoms with van der Waals surface area (Å²) in [5, 5.41) is 0. The summed E-state index contributed by atoms with van der Waals surface area (Å²) in [5.74, 6) is 0. The fraction of sp³-hybridized carbons (Fsp3) is 0.647. The van der Waals surface area contributed by atoms with Crippen LogP contribution in [0.5, 0.6) is 0 Å². The molecule has 1 aromatic carbocycles. The summed E-state index contributed by atoms with van der Waals surface area (Å²) in [7, 11) is 0. The monoisotopic (exact) mass is 351 g/mol. The Bertz CT molecular complexity index is 489. The van der Waals surface area contributed by atoms with Gasteiger partial charge in [-0.1, -0.05) is 15.9 Å². The van der Waals surface area contributed by atoms with E-state index in [0.29, 0.717) is 0 Å². The van der Waals surface area contributed by atoms with Gasteiger partial charge in [-0.25, -0.2) is 0 Å². The minimum Gasteiger partial charge on any atom is -0.370 e. The first-order chi connectivity index (χ1) is 10.1. The highest BCUT2D eigenvalue weighted by Gasteiger charge is 2.29. The van der Waals surface area contributed by atoms with Crippen LogP contribution in [-0.2, 0) is 6.42 Å². The number of rotatable bonds is 3. The van der Waals surface area contributed by atoms with Crippen LogP contribution in [0.3, 0.4) is 0 Å². The van der Waals surface area contributed by atoms with Gasteiger partial charge in [0.05, 0.1) is 0 Å². The Labute approximate surface area is 136 Å². The third-order valence-electron chi connectivity index (χ3n) is 4.73. The van der Waals surface area contributed by atoms with E-state index in [2.05, 4.69) is 50.9 Å². The van der Waals surface area contributed by atoms with Gasteiger partial charge in [0.25, 0.3) is 0 Å². The summed E-state index contributed by atoms with van der Waals surface area (Å²) < 4.78 is 1.15. The van der Waals surface area contributed by atoms with E-state index in [1.807, 2.05) is 0 Å². The van der Waals surface area contributed by atoms with Crippen molar-refractivity contribution >= 4 is 21.6 Å². The Morgan fingerprint density at radius 2 is 2.10 bits per heavy atom. The molecule has 2 unspecified atom stereocenters. The molecular formula is C17H26BrN3. The van der Waals surface area contributed by atoms with Crippen molar-refractivity contribution in [1.29, 1.82) is 0 Å². The highest BCUT2D eigenvalue weighted by Crippen LogP contribution is 2.29. The van der Waals surface area contributed by atoms with Gasteiger partial charge in [-0.2, -0.15) is 0 Å². The molecule has 1 aromatic rings. The quantitative estimate of drug-likeness (QED) is 0.908. The molecule has 3 rings (SSSR count). The third kappa shape index (κ3) is 3.61. The Kier molecular flexibility index (Phi) is 4.87. The lowest BCUT2D eigenvalue weighted by Crippen LogP contribution is -2.37. The smallest absolute Gasteiger partial charge is 0.0400 e. The van der Waals surface area contributed by atoms with Crippen molar-refractivity contribution in [2.75, 3.05) is 31.1 Å². The van der Waals surface area contributed by atoms with Crippen molar-refractivity contribution in [2.24, 2.45) is 5.73 Å². The second kappa shape index (κ2) is 6.67. The van der Waals surface area contributed by atoms with E-state index >= 15 is 0 Å². The van der Waals surface area contributed by atoms with Crippen LogP contribution >= 0.6 is 15.9 Å². The normalized spacial score (nSPS) is 24.7. The van der Waals surface area contributed by atoms with Gasteiger partial charge in [0.1, 0.15) is 0 Å². The van der Waals surface area contributed by atoms with Gasteiger partial charge in [0.15, 0.2) is 0 Å². The summed E-state index contributed by atoms with van der Waals surface area (Å²) in [4.78, 5) is 5.28. The summed E-state index contributed by atoms with van der Waals surface area (Å²) >= 11 is 3.60. The van der Waals surface area contributed by atoms with Gasteiger partial charge >= 0.3 is 0 Å². The molecule has 0 bridgehead atoms. The Morgan fingerprint density at radius 3 is 2.90 bits per heavy atom. The molecule has 0 aromatic heterocycles. The predicted molar refractivity (Wildman–Crippen MR) is 92.9 cm³/mol. The number of anilines is 1. The SMILES string of the molecule is CC(N)Cc1cc(Br)ccc1N1CCCN2CCCC2C1. The van der Waals surface area contributed by atoms with Crippen molar-refractivity contribution in [1.82, 2.24) is 4.90 Å². The maximum Gasteiger partial charge on any atom is 0.0400 e. The Hall–Kier alpha value is -0.580. The van der Waals surface area contributed by atoms with Crippen molar-refractivity contribution in [3.05, 3.63) is 28.2 Å². The number of nitrogens with two attached hydrogens (primary N) is 1. The fourth-order valence-electron chi connectivity index (χ4n) is 3.80. The number of fused-ring (bicyclic) bond motifs is 1. The topological polar surface area (TPSA) is 32.5 Å². The first-order valence-corrected chi connectivity index (χ1v) is 8.96. The minimum absolute atomic E-state index is 0.202. The molecule has 2 heterocycles. The highest BCUT2D eigenvalue weighted by atomic mass is 79.9. The number of halogens is 1. The van der Waals surface area contributed by atoms with E-state index in [4.69, 9.17) is 5.73 Å². The van der Waals surface area contributed by atoms with Gasteiger partial charge < -0.3 is 10.6 Å². The van der Waals surface area contributed by atoms with Crippen LogP contribution in [0.15, 0.2) is 22.7 Å². The summed E-state index contributed by atoms with van der Waals surface area (Å²) in [5.41, 5.74) is 8.82. The molecule has 0 saturated carbocycles. The van der Waals surface area contributed by atoms with Gasteiger partial charge in [-0.15, -0.1) is 0 Å². The number of nitrogens with zero attached hydrogens (tertiary/aromatic N) is 2. The zero-order valence-corrected chi connectivity index (χ0v) is 14.5. The van der Waals surface area contributed by atoms with E-state index in [-0.39, 0.29) is 6.04 Å². The number of benzene rings is 1. The lowest BCUT2D eigenvalue weighted by Gasteiger charge is -2.29. The first-order valence-electron chi connectivity index (χ1n) is 8.16. The zero-order chi connectivity index (χ0) is 14.8. The molecule has 4 heteroatoms. The summed E-state index contributed by atoms with van der Waals surface area (Å²) in [6, 6.07) is 7.63. The Morgan fingerprint density at radius 1 is 1.29 bits per heavy atom. The molecule has 2 saturated heterocycles. The van der Waals surface area contributed by atoms with Crippen LogP contribution in [0.2, 0.25) is 0 Å². The van der Waals surface area contributed by atoms with Crippen LogP contribution in [-0.4, -0.2) is 43.2 Å². The van der Waals surface area contributed by atoms with E-state index in [0.717, 1.165) is 16.9 Å². The highest BCUT2D eigenvalue weighted by molar-refractivity contribution is 9.10. The van der Waals surface area contributed by atoms with E-state index in [9.17, 15) is 0 Å². The van der Waals surface area contributed by atoms with Gasteiger partial charge in [-0.3, -0.25) is 4.90 Å². The molecule has 0 amide bonds. The molecule has 3 nitrogen and oxygen atoms in total. The molecule has 0 spiro atoms. The maximum atomic E-state index is 6.05. The second-order valence-electron chi connectivity index (χ2n) is 6.59. The molecule has 2 fully saturated rings. The van der Waals surface area contributed by atoms with Gasteiger partial charge in [-0.05, 0) is 62.9 Å². The standard InChI is InChI=1S/C17H26BrN3/c1-13(19)10-14-11-15(18)5-6-17(14)21-9-3-8-20-7-2-4-16(20)12-21/h5-6,11,13,16H,2-4,7-10,12,19H2,1H3. The van der Waals surface area contributed by atoms with E-state index in [1.165, 1.54) is 56.7 Å². The molecule has 116 valence electrons. The molecule has 0 radical (unpaired) electrons. The Balaban J connectivity index is 1.84. The van der Waals surface area contributed by atoms with Crippen LogP contribution in [0.1, 0.15) is 31.7 Å². The predicted octanol–water partition coefficient (Wildman–Crippen LogP) is 3.01.